The fraction of sp³-hybridized carbons (Fsp3) is 0.368. The topological polar surface area (TPSA) is 35.1 Å². The van der Waals surface area contributed by atoms with Crippen LogP contribution in [0.5, 0.6) is 11.5 Å². The average Bonchev–Trinajstić information content (AvgIpc) is 2.41. The molecule has 0 atom stereocenters. The van der Waals surface area contributed by atoms with Crippen LogP contribution in [0.2, 0.25) is 0 Å². The van der Waals surface area contributed by atoms with Crippen LogP contribution < -0.4 is 15.0 Å². The van der Waals surface area contributed by atoms with E-state index in [1.165, 1.54) is 22.5 Å². The summed E-state index contributed by atoms with van der Waals surface area (Å²) in [6.45, 7) is 0. The Hall–Kier alpha value is -2.08. The highest BCUT2D eigenvalue weighted by molar-refractivity contribution is 5.57. The van der Waals surface area contributed by atoms with Gasteiger partial charge in [-0.2, -0.15) is 0 Å². The number of hydroxylamine groups is 6. The summed E-state index contributed by atoms with van der Waals surface area (Å²) < 4.78 is 0.890. The van der Waals surface area contributed by atoms with Gasteiger partial charge in [-0.05, 0) is 24.3 Å². The number of hydrogen-bond donors (Lipinski definition) is 1. The minimum absolute atomic E-state index is 0.445. The van der Waals surface area contributed by atoms with E-state index in [0.29, 0.717) is 9.29 Å². The monoisotopic (exact) mass is 330 g/mol. The minimum atomic E-state index is 0.445. The molecule has 2 aromatic carbocycles. The lowest BCUT2D eigenvalue weighted by molar-refractivity contribution is -1.03. The zero-order valence-corrected chi connectivity index (χ0v) is 15.5. The molecule has 5 heteroatoms. The Morgan fingerprint density at radius 3 is 1.50 bits per heavy atom. The maximum absolute atomic E-state index is 5.94. The van der Waals surface area contributed by atoms with Crippen molar-refractivity contribution in [2.24, 2.45) is 0 Å². The number of quaternary nitrogens is 3. The van der Waals surface area contributed by atoms with E-state index in [9.17, 15) is 0 Å². The summed E-state index contributed by atoms with van der Waals surface area (Å²) in [5.41, 5.74) is 5.10. The van der Waals surface area contributed by atoms with E-state index in [0.717, 1.165) is 17.9 Å². The molecular weight excluding hydrogens is 302 g/mol. The lowest BCUT2D eigenvalue weighted by Crippen LogP contribution is -2.73. The molecule has 128 valence electrons. The number of fused-ring (bicyclic) bond motifs is 2. The van der Waals surface area contributed by atoms with Gasteiger partial charge in [-0.15, -0.1) is 9.29 Å². The van der Waals surface area contributed by atoms with Crippen LogP contribution in [0.1, 0.15) is 11.1 Å². The van der Waals surface area contributed by atoms with Crippen molar-refractivity contribution in [3.05, 3.63) is 47.5 Å². The van der Waals surface area contributed by atoms with Crippen molar-refractivity contribution >= 4 is 11.4 Å². The van der Waals surface area contributed by atoms with Gasteiger partial charge in [-0.3, -0.25) is 5.32 Å². The van der Waals surface area contributed by atoms with Gasteiger partial charge in [0.25, 0.3) is 0 Å². The lowest BCUT2D eigenvalue weighted by Gasteiger charge is -2.24. The van der Waals surface area contributed by atoms with Crippen LogP contribution >= 0.6 is 0 Å². The van der Waals surface area contributed by atoms with Gasteiger partial charge in [0.1, 0.15) is 53.7 Å². The molecule has 5 nitrogen and oxygen atoms in total. The van der Waals surface area contributed by atoms with E-state index in [-0.39, 0.29) is 0 Å². The first kappa shape index (κ1) is 16.8. The highest BCUT2D eigenvalue weighted by atomic mass is 16.7. The van der Waals surface area contributed by atoms with Crippen LogP contribution in [0.4, 0.5) is 11.4 Å². The Balaban J connectivity index is 1.86. The molecule has 0 aliphatic carbocycles. The van der Waals surface area contributed by atoms with Crippen LogP contribution in [-0.4, -0.2) is 51.6 Å². The maximum atomic E-state index is 5.94. The Morgan fingerprint density at radius 2 is 1.12 bits per heavy atom. The van der Waals surface area contributed by atoms with Crippen molar-refractivity contribution in [2.75, 3.05) is 42.3 Å². The molecule has 0 spiro atoms. The third-order valence-corrected chi connectivity index (χ3v) is 3.68. The van der Waals surface area contributed by atoms with Crippen LogP contribution in [0.3, 0.4) is 0 Å². The summed E-state index contributed by atoms with van der Waals surface area (Å²) in [6, 6.07) is 12.6. The first-order valence-electron chi connectivity index (χ1n) is 8.22. The summed E-state index contributed by atoms with van der Waals surface area (Å²) in [5, 5.41) is 2.24. The summed E-state index contributed by atoms with van der Waals surface area (Å²) in [7, 11) is 12.1. The van der Waals surface area contributed by atoms with E-state index in [1.54, 1.807) is 0 Å². The SMILES string of the molecule is C[N+](C)(C)Oc1ccc2c(c1)Cc1cc(O[N+](C)(C)C)ccc1[NH2+]2. The smallest absolute Gasteiger partial charge is 0.190 e. The largest absolute Gasteiger partial charge is 0.316 e. The van der Waals surface area contributed by atoms with Crippen LogP contribution in [0.25, 0.3) is 0 Å². The molecule has 2 aromatic rings. The van der Waals surface area contributed by atoms with Crippen LogP contribution in [0.15, 0.2) is 36.4 Å². The molecule has 0 unspecified atom stereocenters. The number of rotatable bonds is 4. The third-order valence-electron chi connectivity index (χ3n) is 3.68. The summed E-state index contributed by atoms with van der Waals surface area (Å²) >= 11 is 0. The molecule has 1 aliphatic rings. The summed E-state index contributed by atoms with van der Waals surface area (Å²) in [4.78, 5) is 11.9. The fourth-order valence-corrected chi connectivity index (χ4v) is 2.87. The number of hydrogen-bond acceptors (Lipinski definition) is 2. The highest BCUT2D eigenvalue weighted by Gasteiger charge is 2.23. The van der Waals surface area contributed by atoms with Crippen LogP contribution in [-0.2, 0) is 6.42 Å². The lowest BCUT2D eigenvalue weighted by atomic mass is 9.97. The summed E-state index contributed by atoms with van der Waals surface area (Å²) in [5.74, 6) is 1.80. The standard InChI is InChI=1S/C19H27N3O2/c1-21(2,3)23-16-7-9-18-14(12-16)11-15-13-17(24-22(4,5)6)8-10-19(15)20-18/h7-10,12-13,20H,11H2,1-6H3/q+2/p+1. The van der Waals surface area contributed by atoms with Crippen molar-refractivity contribution in [1.29, 1.82) is 0 Å². The molecular formula is C19H28N3O2+3. The maximum Gasteiger partial charge on any atom is 0.190 e. The molecule has 0 aromatic heterocycles. The second kappa shape index (κ2) is 5.77. The van der Waals surface area contributed by atoms with Crippen molar-refractivity contribution in [3.63, 3.8) is 0 Å². The second-order valence-electron chi connectivity index (χ2n) is 8.00. The van der Waals surface area contributed by atoms with Crippen molar-refractivity contribution in [2.45, 2.75) is 6.42 Å². The average molecular weight is 330 g/mol. The van der Waals surface area contributed by atoms with Gasteiger partial charge in [0.2, 0.25) is 0 Å². The van der Waals surface area contributed by atoms with E-state index >= 15 is 0 Å². The fourth-order valence-electron chi connectivity index (χ4n) is 2.87. The zero-order valence-electron chi connectivity index (χ0n) is 15.5. The van der Waals surface area contributed by atoms with E-state index in [2.05, 4.69) is 29.6 Å². The molecule has 0 amide bonds. The minimum Gasteiger partial charge on any atom is -0.316 e. The predicted molar refractivity (Wildman–Crippen MR) is 94.3 cm³/mol. The molecule has 1 aliphatic heterocycles. The molecule has 2 N–H and O–H groups in total. The molecule has 0 saturated heterocycles. The Labute approximate surface area is 144 Å². The normalized spacial score (nSPS) is 13.9. The number of nitrogens with two attached hydrogens (primary N) is 1. The third kappa shape index (κ3) is 4.06. The van der Waals surface area contributed by atoms with Gasteiger partial charge in [0.05, 0.1) is 0 Å². The Bertz CT molecular complexity index is 695. The molecule has 3 rings (SSSR count). The quantitative estimate of drug-likeness (QED) is 0.452. The van der Waals surface area contributed by atoms with Crippen molar-refractivity contribution in [3.8, 4) is 11.5 Å². The first-order valence-corrected chi connectivity index (χ1v) is 8.22. The Kier molecular flexibility index (Phi) is 4.03. The van der Waals surface area contributed by atoms with E-state index in [4.69, 9.17) is 9.68 Å². The molecule has 0 radical (unpaired) electrons. The number of nitrogens with zero attached hydrogens (tertiary/aromatic N) is 2. The summed E-state index contributed by atoms with van der Waals surface area (Å²) in [6.07, 6.45) is 0.893. The molecule has 1 heterocycles. The van der Waals surface area contributed by atoms with Gasteiger partial charge >= 0.3 is 0 Å². The van der Waals surface area contributed by atoms with Crippen LogP contribution in [0, 0.1) is 0 Å². The first-order chi connectivity index (χ1) is 11.1. The number of benzene rings is 2. The van der Waals surface area contributed by atoms with Gasteiger partial charge in [-0.1, -0.05) is 0 Å². The van der Waals surface area contributed by atoms with Gasteiger partial charge in [0.15, 0.2) is 11.5 Å². The molecule has 0 fully saturated rings. The second-order valence-corrected chi connectivity index (χ2v) is 8.00. The Morgan fingerprint density at radius 1 is 0.708 bits per heavy atom. The highest BCUT2D eigenvalue weighted by Crippen LogP contribution is 2.31. The molecule has 24 heavy (non-hydrogen) atoms. The van der Waals surface area contributed by atoms with Crippen molar-refractivity contribution < 1.29 is 24.3 Å². The van der Waals surface area contributed by atoms with Gasteiger partial charge in [-0.25, -0.2) is 0 Å². The van der Waals surface area contributed by atoms with Gasteiger partial charge in [0, 0.05) is 29.7 Å². The van der Waals surface area contributed by atoms with E-state index < -0.39 is 0 Å². The molecule has 0 bridgehead atoms. The molecule has 0 saturated carbocycles. The van der Waals surface area contributed by atoms with Crippen molar-refractivity contribution in [1.82, 2.24) is 0 Å². The van der Waals surface area contributed by atoms with Gasteiger partial charge < -0.3 is 9.68 Å². The predicted octanol–water partition coefficient (Wildman–Crippen LogP) is 2.12. The zero-order chi connectivity index (χ0) is 17.5. The van der Waals surface area contributed by atoms with E-state index in [1.807, 2.05) is 54.4 Å².